The van der Waals surface area contributed by atoms with E-state index >= 15 is 0 Å². The summed E-state index contributed by atoms with van der Waals surface area (Å²) in [6, 6.07) is 0.242. The molecule has 1 saturated carbocycles. The molecule has 3 N–H and O–H groups in total. The summed E-state index contributed by atoms with van der Waals surface area (Å²) in [6.45, 7) is 0.871. The number of hydrogen-bond donors (Lipinski definition) is 2. The van der Waals surface area contributed by atoms with Crippen molar-refractivity contribution < 1.29 is 4.39 Å². The normalized spacial score (nSPS) is 31.6. The average molecular weight is 188 g/mol. The van der Waals surface area contributed by atoms with Crippen LogP contribution in [0.15, 0.2) is 0 Å². The fourth-order valence-electron chi connectivity index (χ4n) is 2.13. The molecule has 0 amide bonds. The van der Waals surface area contributed by atoms with Crippen molar-refractivity contribution in [3.05, 3.63) is 0 Å². The van der Waals surface area contributed by atoms with E-state index in [2.05, 4.69) is 5.32 Å². The number of halogens is 1. The van der Waals surface area contributed by atoms with Crippen molar-refractivity contribution in [2.75, 3.05) is 13.6 Å². The van der Waals surface area contributed by atoms with Gasteiger partial charge in [-0.3, -0.25) is 0 Å². The van der Waals surface area contributed by atoms with E-state index in [4.69, 9.17) is 5.73 Å². The van der Waals surface area contributed by atoms with Gasteiger partial charge in [0.1, 0.15) is 6.17 Å². The van der Waals surface area contributed by atoms with E-state index in [-0.39, 0.29) is 6.04 Å². The van der Waals surface area contributed by atoms with E-state index in [0.29, 0.717) is 5.92 Å². The summed E-state index contributed by atoms with van der Waals surface area (Å²) in [5, 5.41) is 3.07. The highest BCUT2D eigenvalue weighted by Gasteiger charge is 2.21. The Morgan fingerprint density at radius 1 is 1.38 bits per heavy atom. The van der Waals surface area contributed by atoms with E-state index in [9.17, 15) is 4.39 Å². The summed E-state index contributed by atoms with van der Waals surface area (Å²) >= 11 is 0. The van der Waals surface area contributed by atoms with Gasteiger partial charge >= 0.3 is 0 Å². The molecule has 1 rings (SSSR count). The number of nitrogens with two attached hydrogens (primary N) is 1. The molecule has 1 unspecified atom stereocenters. The predicted octanol–water partition coefficient (Wildman–Crippen LogP) is 1.45. The van der Waals surface area contributed by atoms with Gasteiger partial charge in [0.25, 0.3) is 0 Å². The molecule has 1 fully saturated rings. The molecule has 1 atom stereocenters. The first-order valence-corrected chi connectivity index (χ1v) is 5.26. The summed E-state index contributed by atoms with van der Waals surface area (Å²) < 4.78 is 12.8. The van der Waals surface area contributed by atoms with E-state index < -0.39 is 6.17 Å². The van der Waals surface area contributed by atoms with Gasteiger partial charge in [0.2, 0.25) is 0 Å². The van der Waals surface area contributed by atoms with Gasteiger partial charge in [-0.05, 0) is 45.1 Å². The van der Waals surface area contributed by atoms with Crippen LogP contribution in [0.4, 0.5) is 4.39 Å². The van der Waals surface area contributed by atoms with Crippen LogP contribution < -0.4 is 11.1 Å². The minimum Gasteiger partial charge on any atom is -0.327 e. The zero-order chi connectivity index (χ0) is 9.68. The molecule has 0 aromatic heterocycles. The van der Waals surface area contributed by atoms with E-state index in [1.165, 1.54) is 0 Å². The SMILES string of the molecule is CNCC(N)CC1CCC(F)CC1. The molecule has 0 heterocycles. The Kier molecular flexibility index (Phi) is 4.67. The van der Waals surface area contributed by atoms with Crippen LogP contribution >= 0.6 is 0 Å². The Labute approximate surface area is 80.1 Å². The molecule has 0 saturated heterocycles. The quantitative estimate of drug-likeness (QED) is 0.701. The van der Waals surface area contributed by atoms with Gasteiger partial charge in [-0.25, -0.2) is 4.39 Å². The fraction of sp³-hybridized carbons (Fsp3) is 1.00. The molecule has 0 aliphatic heterocycles. The summed E-state index contributed by atoms with van der Waals surface area (Å²) in [5.41, 5.74) is 5.89. The van der Waals surface area contributed by atoms with Gasteiger partial charge in [-0.2, -0.15) is 0 Å². The zero-order valence-electron chi connectivity index (χ0n) is 8.43. The summed E-state index contributed by atoms with van der Waals surface area (Å²) in [5.74, 6) is 0.662. The van der Waals surface area contributed by atoms with Crippen LogP contribution in [-0.4, -0.2) is 25.8 Å². The zero-order valence-corrected chi connectivity index (χ0v) is 8.43. The Morgan fingerprint density at radius 2 is 2.00 bits per heavy atom. The summed E-state index contributed by atoms with van der Waals surface area (Å²) in [6.07, 6.45) is 4.05. The molecule has 0 aromatic rings. The van der Waals surface area contributed by atoms with Crippen LogP contribution in [0.5, 0.6) is 0 Å². The van der Waals surface area contributed by atoms with Gasteiger partial charge in [0.15, 0.2) is 0 Å². The van der Waals surface area contributed by atoms with Crippen LogP contribution in [0.25, 0.3) is 0 Å². The number of likely N-dealkylation sites (N-methyl/N-ethyl adjacent to an activating group) is 1. The third-order valence-corrected chi connectivity index (χ3v) is 2.88. The number of hydrogen-bond acceptors (Lipinski definition) is 2. The lowest BCUT2D eigenvalue weighted by Crippen LogP contribution is -2.34. The van der Waals surface area contributed by atoms with E-state index in [1.54, 1.807) is 0 Å². The maximum Gasteiger partial charge on any atom is 0.100 e. The first kappa shape index (κ1) is 10.9. The smallest absolute Gasteiger partial charge is 0.100 e. The van der Waals surface area contributed by atoms with Crippen LogP contribution in [0, 0.1) is 5.92 Å². The highest BCUT2D eigenvalue weighted by Crippen LogP contribution is 2.28. The van der Waals surface area contributed by atoms with Crippen LogP contribution in [0.3, 0.4) is 0 Å². The molecular formula is C10H21FN2. The van der Waals surface area contributed by atoms with E-state index in [1.807, 2.05) is 7.05 Å². The Balaban J connectivity index is 2.14. The summed E-state index contributed by atoms with van der Waals surface area (Å²) in [4.78, 5) is 0. The maximum absolute atomic E-state index is 12.8. The lowest BCUT2D eigenvalue weighted by Gasteiger charge is -2.26. The van der Waals surface area contributed by atoms with Crippen LogP contribution in [-0.2, 0) is 0 Å². The molecule has 3 heteroatoms. The van der Waals surface area contributed by atoms with Crippen molar-refractivity contribution in [2.45, 2.75) is 44.3 Å². The molecule has 1 aliphatic rings. The van der Waals surface area contributed by atoms with Crippen molar-refractivity contribution in [2.24, 2.45) is 11.7 Å². The van der Waals surface area contributed by atoms with Gasteiger partial charge in [0, 0.05) is 12.6 Å². The van der Waals surface area contributed by atoms with Crippen molar-refractivity contribution in [1.29, 1.82) is 0 Å². The number of alkyl halides is 1. The molecule has 0 spiro atoms. The van der Waals surface area contributed by atoms with Gasteiger partial charge < -0.3 is 11.1 Å². The molecule has 13 heavy (non-hydrogen) atoms. The molecule has 1 aliphatic carbocycles. The molecule has 78 valence electrons. The van der Waals surface area contributed by atoms with Crippen molar-refractivity contribution in [3.63, 3.8) is 0 Å². The second kappa shape index (κ2) is 5.55. The lowest BCUT2D eigenvalue weighted by atomic mass is 9.84. The largest absolute Gasteiger partial charge is 0.327 e. The molecule has 2 nitrogen and oxygen atoms in total. The topological polar surface area (TPSA) is 38.0 Å². The monoisotopic (exact) mass is 188 g/mol. The van der Waals surface area contributed by atoms with Crippen LogP contribution in [0.2, 0.25) is 0 Å². The summed E-state index contributed by atoms with van der Waals surface area (Å²) in [7, 11) is 1.92. The lowest BCUT2D eigenvalue weighted by molar-refractivity contribution is 0.196. The van der Waals surface area contributed by atoms with Gasteiger partial charge in [-0.15, -0.1) is 0 Å². The predicted molar refractivity (Wildman–Crippen MR) is 53.4 cm³/mol. The highest BCUT2D eigenvalue weighted by atomic mass is 19.1. The minimum absolute atomic E-state index is 0.242. The fourth-order valence-corrected chi connectivity index (χ4v) is 2.13. The number of rotatable bonds is 4. The second-order valence-electron chi connectivity index (χ2n) is 4.17. The number of nitrogens with one attached hydrogen (secondary N) is 1. The molecule has 0 aromatic carbocycles. The van der Waals surface area contributed by atoms with Crippen molar-refractivity contribution in [3.8, 4) is 0 Å². The molecule has 0 radical (unpaired) electrons. The van der Waals surface area contributed by atoms with Crippen molar-refractivity contribution >= 4 is 0 Å². The van der Waals surface area contributed by atoms with E-state index in [0.717, 1.165) is 38.6 Å². The Morgan fingerprint density at radius 3 is 2.54 bits per heavy atom. The highest BCUT2D eigenvalue weighted by molar-refractivity contribution is 4.76. The first-order chi connectivity index (χ1) is 6.22. The standard InChI is InChI=1S/C10H21FN2/c1-13-7-10(12)6-8-2-4-9(11)5-3-8/h8-10,13H,2-7,12H2,1H3. The van der Waals surface area contributed by atoms with Crippen LogP contribution in [0.1, 0.15) is 32.1 Å². The Hall–Kier alpha value is -0.150. The van der Waals surface area contributed by atoms with Gasteiger partial charge in [0.05, 0.1) is 0 Å². The minimum atomic E-state index is -0.545. The third kappa shape index (κ3) is 4.05. The maximum atomic E-state index is 12.8. The second-order valence-corrected chi connectivity index (χ2v) is 4.17. The average Bonchev–Trinajstić information content (AvgIpc) is 2.09. The molecule has 0 bridgehead atoms. The molecular weight excluding hydrogens is 167 g/mol. The first-order valence-electron chi connectivity index (χ1n) is 5.26. The van der Waals surface area contributed by atoms with Gasteiger partial charge in [-0.1, -0.05) is 0 Å². The third-order valence-electron chi connectivity index (χ3n) is 2.88. The Bertz CT molecular complexity index is 133. The van der Waals surface area contributed by atoms with Crippen molar-refractivity contribution in [1.82, 2.24) is 5.32 Å².